The third-order valence-electron chi connectivity index (χ3n) is 3.06. The highest BCUT2D eigenvalue weighted by atomic mass is 16.2. The molecule has 0 aliphatic carbocycles. The fraction of sp³-hybridized carbons (Fsp3) is 0.538. The normalized spacial score (nSPS) is 16.4. The van der Waals surface area contributed by atoms with E-state index in [1.165, 1.54) is 0 Å². The lowest BCUT2D eigenvalue weighted by Crippen LogP contribution is -2.50. The van der Waals surface area contributed by atoms with Crippen LogP contribution in [0.3, 0.4) is 0 Å². The summed E-state index contributed by atoms with van der Waals surface area (Å²) in [4.78, 5) is 20.3. The van der Waals surface area contributed by atoms with Crippen molar-refractivity contribution in [1.82, 2.24) is 9.88 Å². The molecule has 1 saturated heterocycles. The second-order valence-corrected chi connectivity index (χ2v) is 4.65. The molecule has 0 radical (unpaired) electrons. The van der Waals surface area contributed by atoms with Gasteiger partial charge < -0.3 is 9.80 Å². The van der Waals surface area contributed by atoms with Crippen LogP contribution in [0.2, 0.25) is 0 Å². The Balaban J connectivity index is 1.93. The van der Waals surface area contributed by atoms with E-state index in [1.54, 1.807) is 6.20 Å². The Morgan fingerprint density at radius 2 is 1.94 bits per heavy atom. The van der Waals surface area contributed by atoms with Gasteiger partial charge in [0.05, 0.1) is 0 Å². The van der Waals surface area contributed by atoms with Crippen LogP contribution in [0.4, 0.5) is 5.82 Å². The maximum atomic E-state index is 11.8. The van der Waals surface area contributed by atoms with Crippen LogP contribution >= 0.6 is 0 Å². The number of aromatic nitrogens is 1. The van der Waals surface area contributed by atoms with Gasteiger partial charge in [-0.2, -0.15) is 0 Å². The molecule has 92 valence electrons. The van der Waals surface area contributed by atoms with E-state index in [1.807, 2.05) is 36.9 Å². The molecule has 0 aromatic carbocycles. The number of carbonyl (C=O) groups is 1. The number of rotatable bonds is 2. The Morgan fingerprint density at radius 3 is 2.47 bits per heavy atom. The minimum absolute atomic E-state index is 0.0939. The van der Waals surface area contributed by atoms with Crippen molar-refractivity contribution in [2.45, 2.75) is 13.8 Å². The van der Waals surface area contributed by atoms with Crippen LogP contribution in [0, 0.1) is 5.92 Å². The van der Waals surface area contributed by atoms with E-state index in [4.69, 9.17) is 0 Å². The average molecular weight is 233 g/mol. The average Bonchev–Trinajstić information content (AvgIpc) is 2.39. The van der Waals surface area contributed by atoms with Crippen molar-refractivity contribution in [2.24, 2.45) is 5.92 Å². The van der Waals surface area contributed by atoms with E-state index in [2.05, 4.69) is 9.88 Å². The summed E-state index contributed by atoms with van der Waals surface area (Å²) >= 11 is 0. The van der Waals surface area contributed by atoms with Crippen molar-refractivity contribution >= 4 is 11.7 Å². The molecule has 0 unspecified atom stereocenters. The van der Waals surface area contributed by atoms with Crippen molar-refractivity contribution in [3.05, 3.63) is 24.4 Å². The van der Waals surface area contributed by atoms with Crippen LogP contribution in [0.15, 0.2) is 24.4 Å². The number of amides is 1. The van der Waals surface area contributed by atoms with Crippen LogP contribution in [0.5, 0.6) is 0 Å². The summed E-state index contributed by atoms with van der Waals surface area (Å²) in [7, 11) is 0. The fourth-order valence-corrected chi connectivity index (χ4v) is 2.06. The van der Waals surface area contributed by atoms with Gasteiger partial charge in [0, 0.05) is 38.3 Å². The van der Waals surface area contributed by atoms with Gasteiger partial charge in [0.15, 0.2) is 0 Å². The number of carbonyl (C=O) groups excluding carboxylic acids is 1. The molecule has 0 spiro atoms. The first-order chi connectivity index (χ1) is 8.18. The second kappa shape index (κ2) is 5.17. The number of nitrogens with zero attached hydrogens (tertiary/aromatic N) is 3. The molecular weight excluding hydrogens is 214 g/mol. The summed E-state index contributed by atoms with van der Waals surface area (Å²) in [6.07, 6.45) is 1.81. The Hall–Kier alpha value is -1.58. The van der Waals surface area contributed by atoms with E-state index in [0.717, 1.165) is 32.0 Å². The Kier molecular flexibility index (Phi) is 3.61. The van der Waals surface area contributed by atoms with Crippen LogP contribution in [0.1, 0.15) is 13.8 Å². The molecule has 0 bridgehead atoms. The summed E-state index contributed by atoms with van der Waals surface area (Å²) < 4.78 is 0. The first-order valence-corrected chi connectivity index (χ1v) is 6.13. The zero-order valence-electron chi connectivity index (χ0n) is 10.5. The van der Waals surface area contributed by atoms with Gasteiger partial charge in [-0.3, -0.25) is 4.79 Å². The van der Waals surface area contributed by atoms with Gasteiger partial charge in [0.2, 0.25) is 5.91 Å². The zero-order chi connectivity index (χ0) is 12.3. The van der Waals surface area contributed by atoms with Crippen LogP contribution in [-0.2, 0) is 4.79 Å². The standard InChI is InChI=1S/C13H19N3O/c1-11(2)13(17)16-9-7-15(8-10-16)12-5-3-4-6-14-12/h3-6,11H,7-10H2,1-2H3. The first-order valence-electron chi connectivity index (χ1n) is 6.13. The molecule has 1 fully saturated rings. The van der Waals surface area contributed by atoms with E-state index in [-0.39, 0.29) is 11.8 Å². The van der Waals surface area contributed by atoms with Crippen molar-refractivity contribution < 1.29 is 4.79 Å². The predicted octanol–water partition coefficient (Wildman–Crippen LogP) is 1.39. The SMILES string of the molecule is CC(C)C(=O)N1CCN(c2ccccn2)CC1. The molecule has 0 N–H and O–H groups in total. The van der Waals surface area contributed by atoms with Crippen molar-refractivity contribution in [1.29, 1.82) is 0 Å². The molecule has 1 aliphatic rings. The first kappa shape index (κ1) is 11.9. The summed E-state index contributed by atoms with van der Waals surface area (Å²) in [5.41, 5.74) is 0. The van der Waals surface area contributed by atoms with E-state index in [0.29, 0.717) is 0 Å². The van der Waals surface area contributed by atoms with Gasteiger partial charge in [-0.05, 0) is 12.1 Å². The van der Waals surface area contributed by atoms with E-state index < -0.39 is 0 Å². The number of piperazine rings is 1. The molecule has 2 rings (SSSR count). The quantitative estimate of drug-likeness (QED) is 0.774. The highest BCUT2D eigenvalue weighted by Gasteiger charge is 2.23. The molecule has 0 saturated carbocycles. The fourth-order valence-electron chi connectivity index (χ4n) is 2.06. The summed E-state index contributed by atoms with van der Waals surface area (Å²) in [6, 6.07) is 5.93. The largest absolute Gasteiger partial charge is 0.353 e. The maximum absolute atomic E-state index is 11.8. The molecule has 1 aliphatic heterocycles. The van der Waals surface area contributed by atoms with Crippen molar-refractivity contribution in [3.63, 3.8) is 0 Å². The number of anilines is 1. The van der Waals surface area contributed by atoms with Gasteiger partial charge in [-0.1, -0.05) is 19.9 Å². The maximum Gasteiger partial charge on any atom is 0.225 e. The van der Waals surface area contributed by atoms with Gasteiger partial charge in [-0.15, -0.1) is 0 Å². The number of hydrogen-bond donors (Lipinski definition) is 0. The van der Waals surface area contributed by atoms with Crippen LogP contribution in [0.25, 0.3) is 0 Å². The van der Waals surface area contributed by atoms with Gasteiger partial charge in [0.1, 0.15) is 5.82 Å². The van der Waals surface area contributed by atoms with Crippen LogP contribution in [-0.4, -0.2) is 42.0 Å². The van der Waals surface area contributed by atoms with E-state index >= 15 is 0 Å². The lowest BCUT2D eigenvalue weighted by Gasteiger charge is -2.36. The third kappa shape index (κ3) is 2.75. The number of pyridine rings is 1. The molecule has 17 heavy (non-hydrogen) atoms. The summed E-state index contributed by atoms with van der Waals surface area (Å²) in [5, 5.41) is 0. The molecule has 1 aromatic heterocycles. The van der Waals surface area contributed by atoms with Gasteiger partial charge >= 0.3 is 0 Å². The van der Waals surface area contributed by atoms with Crippen molar-refractivity contribution in [2.75, 3.05) is 31.1 Å². The molecule has 2 heterocycles. The van der Waals surface area contributed by atoms with E-state index in [9.17, 15) is 4.79 Å². The van der Waals surface area contributed by atoms with Gasteiger partial charge in [-0.25, -0.2) is 4.98 Å². The Bertz CT molecular complexity index is 370. The Labute approximate surface area is 102 Å². The molecule has 4 nitrogen and oxygen atoms in total. The predicted molar refractivity (Wildman–Crippen MR) is 67.9 cm³/mol. The zero-order valence-corrected chi connectivity index (χ0v) is 10.5. The monoisotopic (exact) mass is 233 g/mol. The number of hydrogen-bond acceptors (Lipinski definition) is 3. The highest BCUT2D eigenvalue weighted by Crippen LogP contribution is 2.13. The summed E-state index contributed by atoms with van der Waals surface area (Å²) in [6.45, 7) is 7.24. The lowest BCUT2D eigenvalue weighted by atomic mass is 10.1. The molecular formula is C13H19N3O. The smallest absolute Gasteiger partial charge is 0.225 e. The summed E-state index contributed by atoms with van der Waals surface area (Å²) in [5.74, 6) is 1.35. The Morgan fingerprint density at radius 1 is 1.24 bits per heavy atom. The highest BCUT2D eigenvalue weighted by molar-refractivity contribution is 5.78. The molecule has 0 atom stereocenters. The molecule has 1 amide bonds. The lowest BCUT2D eigenvalue weighted by molar-refractivity contribution is -0.134. The van der Waals surface area contributed by atoms with Crippen LogP contribution < -0.4 is 4.90 Å². The minimum Gasteiger partial charge on any atom is -0.353 e. The molecule has 4 heteroatoms. The van der Waals surface area contributed by atoms with Crippen molar-refractivity contribution in [3.8, 4) is 0 Å². The molecule has 1 aromatic rings. The minimum atomic E-state index is 0.0939. The third-order valence-corrected chi connectivity index (χ3v) is 3.06. The topological polar surface area (TPSA) is 36.4 Å². The second-order valence-electron chi connectivity index (χ2n) is 4.65. The van der Waals surface area contributed by atoms with Gasteiger partial charge in [0.25, 0.3) is 0 Å².